The van der Waals surface area contributed by atoms with E-state index in [1.165, 1.54) is 6.92 Å². The average molecular weight is 277 g/mol. The molecule has 0 spiro atoms. The first-order valence-electron chi connectivity index (χ1n) is 4.06. The molecule has 0 aliphatic heterocycles. The second kappa shape index (κ2) is 14.8. The molecule has 6 N–H and O–H groups in total. The van der Waals surface area contributed by atoms with Crippen molar-refractivity contribution in [3.63, 3.8) is 0 Å². The van der Waals surface area contributed by atoms with E-state index < -0.39 is 5.17 Å². The van der Waals surface area contributed by atoms with E-state index in [0.717, 1.165) is 6.42 Å². The van der Waals surface area contributed by atoms with E-state index in [4.69, 9.17) is 10.2 Å². The minimum atomic E-state index is -0.500. The number of hydrogen-bond acceptors (Lipinski definition) is 3. The number of nitrogens with one attached hydrogen (secondary N) is 2. The Labute approximate surface area is 127 Å². The molecule has 0 saturated carbocycles. The van der Waals surface area contributed by atoms with Crippen molar-refractivity contribution in [3.05, 3.63) is 0 Å². The van der Waals surface area contributed by atoms with E-state index in [0.29, 0.717) is 13.1 Å². The molecule has 0 radical (unpaired) electrons. The molecule has 0 fully saturated rings. The Hall–Kier alpha value is -0.150. The predicted octanol–water partition coefficient (Wildman–Crippen LogP) is -0.915. The van der Waals surface area contributed by atoms with Crippen LogP contribution in [0, 0.1) is 0 Å². The topological polar surface area (TPSA) is 108 Å². The molecule has 6 nitrogen and oxygen atoms in total. The quantitative estimate of drug-likeness (QED) is 0.257. The van der Waals surface area contributed by atoms with Crippen LogP contribution in [0.25, 0.3) is 0 Å². The number of aliphatic hydroxyl groups is 2. The van der Waals surface area contributed by atoms with Gasteiger partial charge in [0.1, 0.15) is 0 Å². The molecule has 9 heteroatoms. The molecule has 0 rings (SSSR count). The van der Waals surface area contributed by atoms with E-state index in [2.05, 4.69) is 40.8 Å². The molecule has 0 unspecified atom stereocenters. The van der Waals surface area contributed by atoms with E-state index >= 15 is 0 Å². The van der Waals surface area contributed by atoms with Gasteiger partial charge in [-0.3, -0.25) is 4.79 Å². The summed E-state index contributed by atoms with van der Waals surface area (Å²) in [4.78, 5) is 10.3. The number of aliphatic hydroxyl groups excluding tert-OH is 2. The van der Waals surface area contributed by atoms with Gasteiger partial charge in [0, 0.05) is 20.0 Å². The van der Waals surface area contributed by atoms with Gasteiger partial charge < -0.3 is 26.6 Å². The second-order valence-electron chi connectivity index (χ2n) is 2.41. The van der Waals surface area contributed by atoms with Crippen LogP contribution in [-0.4, -0.2) is 69.1 Å². The van der Waals surface area contributed by atoms with Crippen LogP contribution in [-0.2, 0) is 4.79 Å². The summed E-state index contributed by atoms with van der Waals surface area (Å²) in [5.41, 5.74) is 4.40. The summed E-state index contributed by atoms with van der Waals surface area (Å²) in [5, 5.41) is 20.5. The molecule has 0 aromatic carbocycles. The maximum absolute atomic E-state index is 10.3. The molecule has 0 aromatic heterocycles. The van der Waals surface area contributed by atoms with Crippen molar-refractivity contribution >= 4 is 70.2 Å². The number of thiocarbonyl (C=S) groups is 2. The fraction of sp³-hybridized carbons (Fsp3) is 0.571. The van der Waals surface area contributed by atoms with Crippen LogP contribution in [0.15, 0.2) is 0 Å². The zero-order chi connectivity index (χ0) is 12.3. The van der Waals surface area contributed by atoms with Crippen LogP contribution in [0.4, 0.5) is 0 Å². The zero-order valence-corrected chi connectivity index (χ0v) is 9.95. The number of amides is 1. The van der Waals surface area contributed by atoms with Crippen molar-refractivity contribution in [2.75, 3.05) is 13.1 Å². The number of nitrogens with two attached hydrogens (primary N) is 1. The third-order valence-corrected chi connectivity index (χ3v) is 1.15. The van der Waals surface area contributed by atoms with Crippen molar-refractivity contribution in [1.29, 1.82) is 0 Å². The van der Waals surface area contributed by atoms with Gasteiger partial charge in [-0.15, -0.1) is 0 Å². The van der Waals surface area contributed by atoms with Crippen LogP contribution in [0.3, 0.4) is 0 Å². The SMILES string of the molecule is CC(=O)NCCCNC(O)=S.NC(O)=S.[NaH]. The number of rotatable bonds is 4. The van der Waals surface area contributed by atoms with E-state index in [1.54, 1.807) is 0 Å². The van der Waals surface area contributed by atoms with Gasteiger partial charge in [-0.2, -0.15) is 0 Å². The summed E-state index contributed by atoms with van der Waals surface area (Å²) in [5.74, 6) is -0.0448. The van der Waals surface area contributed by atoms with E-state index in [-0.39, 0.29) is 40.6 Å². The Morgan fingerprint density at radius 1 is 1.25 bits per heavy atom. The molecule has 0 aromatic rings. The summed E-state index contributed by atoms with van der Waals surface area (Å²) < 4.78 is 0. The molecule has 16 heavy (non-hydrogen) atoms. The summed E-state index contributed by atoms with van der Waals surface area (Å²) in [7, 11) is 0. The van der Waals surface area contributed by atoms with Gasteiger partial charge in [0.25, 0.3) is 10.3 Å². The Morgan fingerprint density at radius 2 is 1.62 bits per heavy atom. The standard InChI is InChI=1S/C6H12N2O2S.CH3NOS.Na.H/c1-5(9)7-3-2-4-8-6(10)11;2-1(3)4;;/h2-4H2,1H3,(H,7,9)(H2,8,10,11);(H3,2,3,4);;. The zero-order valence-electron chi connectivity index (χ0n) is 8.32. The van der Waals surface area contributed by atoms with Gasteiger partial charge in [-0.25, -0.2) is 0 Å². The fourth-order valence-electron chi connectivity index (χ4n) is 0.548. The molecular formula is C7H16N3NaO3S2. The van der Waals surface area contributed by atoms with Gasteiger partial charge in [0.05, 0.1) is 0 Å². The van der Waals surface area contributed by atoms with Crippen LogP contribution in [0.1, 0.15) is 13.3 Å². The summed E-state index contributed by atoms with van der Waals surface area (Å²) in [6, 6.07) is 0. The molecule has 90 valence electrons. The summed E-state index contributed by atoms with van der Waals surface area (Å²) >= 11 is 8.22. The Bertz CT molecular complexity index is 209. The summed E-state index contributed by atoms with van der Waals surface area (Å²) in [6.07, 6.45) is 0.750. The van der Waals surface area contributed by atoms with Gasteiger partial charge in [-0.05, 0) is 30.9 Å². The van der Waals surface area contributed by atoms with Crippen molar-refractivity contribution in [3.8, 4) is 0 Å². The summed E-state index contributed by atoms with van der Waals surface area (Å²) in [6.45, 7) is 2.64. The number of carbonyl (C=O) groups excluding carboxylic acids is 1. The second-order valence-corrected chi connectivity index (χ2v) is 3.21. The Morgan fingerprint density at radius 3 is 1.94 bits per heavy atom. The third kappa shape index (κ3) is 37.1. The van der Waals surface area contributed by atoms with E-state index in [1.807, 2.05) is 0 Å². The van der Waals surface area contributed by atoms with Crippen molar-refractivity contribution in [2.45, 2.75) is 13.3 Å². The maximum atomic E-state index is 10.3. The molecule has 0 heterocycles. The van der Waals surface area contributed by atoms with Crippen molar-refractivity contribution < 1.29 is 15.0 Å². The van der Waals surface area contributed by atoms with E-state index in [9.17, 15) is 4.79 Å². The molecule has 0 saturated heterocycles. The van der Waals surface area contributed by atoms with Crippen LogP contribution in [0.5, 0.6) is 0 Å². The minimum absolute atomic E-state index is 0. The van der Waals surface area contributed by atoms with Crippen molar-refractivity contribution in [1.82, 2.24) is 10.6 Å². The molecule has 0 aliphatic carbocycles. The van der Waals surface area contributed by atoms with Crippen LogP contribution < -0.4 is 16.4 Å². The molecular weight excluding hydrogens is 261 g/mol. The molecule has 0 aliphatic rings. The van der Waals surface area contributed by atoms with Crippen LogP contribution in [0.2, 0.25) is 0 Å². The normalized spacial score (nSPS) is 7.56. The first kappa shape index (κ1) is 21.2. The Kier molecular flexibility index (Phi) is 19.6. The van der Waals surface area contributed by atoms with Crippen LogP contribution >= 0.6 is 24.4 Å². The molecule has 0 atom stereocenters. The first-order chi connectivity index (χ1) is 6.86. The fourth-order valence-corrected chi connectivity index (χ4v) is 0.650. The molecule has 0 bridgehead atoms. The van der Waals surface area contributed by atoms with Crippen molar-refractivity contribution in [2.24, 2.45) is 5.73 Å². The number of carbonyl (C=O) groups is 1. The van der Waals surface area contributed by atoms with Gasteiger partial charge in [0.15, 0.2) is 0 Å². The number of hydrogen-bond donors (Lipinski definition) is 5. The molecule has 1 amide bonds. The third-order valence-electron chi connectivity index (χ3n) is 1.00. The average Bonchev–Trinajstić information content (AvgIpc) is 2.01. The monoisotopic (exact) mass is 277 g/mol. The first-order valence-corrected chi connectivity index (χ1v) is 4.87. The van der Waals surface area contributed by atoms with Gasteiger partial charge >= 0.3 is 29.6 Å². The predicted molar refractivity (Wildman–Crippen MR) is 73.1 cm³/mol. The Balaban J connectivity index is -0.000000292. The van der Waals surface area contributed by atoms with Gasteiger partial charge in [-0.1, -0.05) is 0 Å². The van der Waals surface area contributed by atoms with Gasteiger partial charge in [0.2, 0.25) is 5.91 Å².